The molecule has 1 amide bonds. The van der Waals surface area contributed by atoms with Gasteiger partial charge >= 0.3 is 0 Å². The number of anilines is 1. The monoisotopic (exact) mass is 326 g/mol. The Balaban J connectivity index is 2.04. The topological polar surface area (TPSA) is 64.3 Å². The van der Waals surface area contributed by atoms with Gasteiger partial charge in [0.1, 0.15) is 0 Å². The van der Waals surface area contributed by atoms with Crippen LogP contribution in [0, 0.1) is 5.41 Å². The summed E-state index contributed by atoms with van der Waals surface area (Å²) < 4.78 is 6.17. The van der Waals surface area contributed by atoms with Crippen molar-refractivity contribution in [3.8, 4) is 0 Å². The number of rotatable bonds is 3. The lowest BCUT2D eigenvalue weighted by molar-refractivity contribution is -0.0942. The maximum absolute atomic E-state index is 12.2. The smallest absolute Gasteiger partial charge is 0.251 e. The molecule has 1 aliphatic rings. The average molecular weight is 327 g/mol. The first-order valence-electron chi connectivity index (χ1n) is 6.25. The number of nitrogens with one attached hydrogen (secondary N) is 1. The van der Waals surface area contributed by atoms with Crippen LogP contribution >= 0.6 is 15.9 Å². The molecular formula is C14H19BrN2O2. The Morgan fingerprint density at radius 2 is 2.21 bits per heavy atom. The molecule has 2 rings (SSSR count). The first-order chi connectivity index (χ1) is 8.86. The van der Waals surface area contributed by atoms with Crippen molar-refractivity contribution in [1.82, 2.24) is 5.32 Å². The molecule has 1 aliphatic carbocycles. The van der Waals surface area contributed by atoms with Gasteiger partial charge in [-0.25, -0.2) is 0 Å². The molecule has 1 fully saturated rings. The second-order valence-corrected chi connectivity index (χ2v) is 6.40. The molecular weight excluding hydrogens is 308 g/mol. The molecule has 1 aromatic carbocycles. The summed E-state index contributed by atoms with van der Waals surface area (Å²) in [4.78, 5) is 12.2. The van der Waals surface area contributed by atoms with E-state index in [9.17, 15) is 4.79 Å². The molecule has 5 heteroatoms. The van der Waals surface area contributed by atoms with E-state index in [1.54, 1.807) is 25.3 Å². The van der Waals surface area contributed by atoms with E-state index < -0.39 is 0 Å². The van der Waals surface area contributed by atoms with Gasteiger partial charge in [0.05, 0.1) is 6.10 Å². The molecule has 0 bridgehead atoms. The van der Waals surface area contributed by atoms with Crippen molar-refractivity contribution < 1.29 is 9.53 Å². The molecule has 0 aliphatic heterocycles. The normalized spacial score (nSPS) is 24.6. The van der Waals surface area contributed by atoms with Crippen molar-refractivity contribution in [2.75, 3.05) is 12.8 Å². The molecule has 0 radical (unpaired) electrons. The van der Waals surface area contributed by atoms with E-state index in [0.29, 0.717) is 11.3 Å². The van der Waals surface area contributed by atoms with Crippen molar-refractivity contribution in [3.63, 3.8) is 0 Å². The summed E-state index contributed by atoms with van der Waals surface area (Å²) in [5, 5.41) is 3.04. The highest BCUT2D eigenvalue weighted by Crippen LogP contribution is 2.42. The van der Waals surface area contributed by atoms with Gasteiger partial charge in [-0.2, -0.15) is 0 Å². The second-order valence-electron chi connectivity index (χ2n) is 5.54. The van der Waals surface area contributed by atoms with Crippen molar-refractivity contribution >= 4 is 27.5 Å². The fourth-order valence-electron chi connectivity index (χ4n) is 2.46. The number of hydrogen-bond acceptors (Lipinski definition) is 3. The second kappa shape index (κ2) is 5.13. The Kier molecular flexibility index (Phi) is 3.87. The van der Waals surface area contributed by atoms with Gasteiger partial charge in [-0.05, 0) is 40.5 Å². The zero-order valence-corrected chi connectivity index (χ0v) is 13.0. The molecule has 2 atom stereocenters. The maximum atomic E-state index is 12.2. The van der Waals surface area contributed by atoms with Crippen LogP contribution in [0.25, 0.3) is 0 Å². The predicted octanol–water partition coefficient (Wildman–Crippen LogP) is 2.57. The van der Waals surface area contributed by atoms with E-state index in [1.807, 2.05) is 0 Å². The number of hydrogen-bond donors (Lipinski definition) is 2. The van der Waals surface area contributed by atoms with Crippen LogP contribution in [-0.2, 0) is 4.74 Å². The first kappa shape index (κ1) is 14.3. The minimum atomic E-state index is -0.0909. The van der Waals surface area contributed by atoms with E-state index in [2.05, 4.69) is 35.1 Å². The zero-order valence-electron chi connectivity index (χ0n) is 11.4. The summed E-state index contributed by atoms with van der Waals surface area (Å²) >= 11 is 3.32. The molecule has 2 unspecified atom stereocenters. The summed E-state index contributed by atoms with van der Waals surface area (Å²) in [6, 6.07) is 5.36. The quantitative estimate of drug-likeness (QED) is 0.839. The van der Waals surface area contributed by atoms with Crippen LogP contribution in [0.15, 0.2) is 22.7 Å². The number of methoxy groups -OCH3 is 1. The van der Waals surface area contributed by atoms with Crippen LogP contribution in [-0.4, -0.2) is 25.2 Å². The Bertz CT molecular complexity index is 502. The molecule has 1 aromatic rings. The standard InChI is InChI=1S/C14H19BrN2O2/c1-14(2)11(7-12(14)19-3)17-13(18)8-4-5-9(15)10(16)6-8/h4-6,11-12H,7,16H2,1-3H3,(H,17,18). The van der Waals surface area contributed by atoms with E-state index >= 15 is 0 Å². The fourth-order valence-corrected chi connectivity index (χ4v) is 2.70. The largest absolute Gasteiger partial charge is 0.398 e. The lowest BCUT2D eigenvalue weighted by atomic mass is 9.64. The number of halogens is 1. The summed E-state index contributed by atoms with van der Waals surface area (Å²) in [7, 11) is 1.71. The van der Waals surface area contributed by atoms with Crippen LogP contribution in [0.2, 0.25) is 0 Å². The molecule has 0 saturated heterocycles. The van der Waals surface area contributed by atoms with Crippen molar-refractivity contribution in [2.45, 2.75) is 32.4 Å². The van der Waals surface area contributed by atoms with Crippen LogP contribution in [0.1, 0.15) is 30.6 Å². The third kappa shape index (κ3) is 2.62. The maximum Gasteiger partial charge on any atom is 0.251 e. The SMILES string of the molecule is COC1CC(NC(=O)c2ccc(Br)c(N)c2)C1(C)C. The predicted molar refractivity (Wildman–Crippen MR) is 79.0 cm³/mol. The number of carbonyl (C=O) groups excluding carboxylic acids is 1. The number of carbonyl (C=O) groups is 1. The molecule has 0 spiro atoms. The van der Waals surface area contributed by atoms with Gasteiger partial charge in [0.15, 0.2) is 0 Å². The fraction of sp³-hybridized carbons (Fsp3) is 0.500. The van der Waals surface area contributed by atoms with Gasteiger partial charge < -0.3 is 15.8 Å². The molecule has 1 saturated carbocycles. The third-order valence-electron chi connectivity index (χ3n) is 4.03. The summed E-state index contributed by atoms with van der Waals surface area (Å²) in [5.74, 6) is -0.0909. The zero-order chi connectivity index (χ0) is 14.2. The van der Waals surface area contributed by atoms with Gasteiger partial charge in [0.2, 0.25) is 0 Å². The Hall–Kier alpha value is -1.07. The minimum absolute atomic E-state index is 0.0364. The summed E-state index contributed by atoms with van der Waals surface area (Å²) in [5.41, 5.74) is 6.90. The Morgan fingerprint density at radius 1 is 1.53 bits per heavy atom. The lowest BCUT2D eigenvalue weighted by Crippen LogP contribution is -2.61. The molecule has 104 valence electrons. The van der Waals surface area contributed by atoms with E-state index in [1.165, 1.54) is 0 Å². The average Bonchev–Trinajstić information content (AvgIpc) is 2.36. The van der Waals surface area contributed by atoms with Gasteiger partial charge in [-0.1, -0.05) is 13.8 Å². The van der Waals surface area contributed by atoms with E-state index in [4.69, 9.17) is 10.5 Å². The molecule has 4 nitrogen and oxygen atoms in total. The minimum Gasteiger partial charge on any atom is -0.398 e. The molecule has 0 heterocycles. The summed E-state index contributed by atoms with van der Waals surface area (Å²) in [6.07, 6.45) is 1.05. The highest BCUT2D eigenvalue weighted by molar-refractivity contribution is 9.10. The Morgan fingerprint density at radius 3 is 2.74 bits per heavy atom. The van der Waals surface area contributed by atoms with Gasteiger partial charge in [0, 0.05) is 34.3 Å². The number of nitrogens with two attached hydrogens (primary N) is 1. The number of ether oxygens (including phenoxy) is 1. The van der Waals surface area contributed by atoms with Crippen molar-refractivity contribution in [2.24, 2.45) is 5.41 Å². The molecule has 3 N–H and O–H groups in total. The van der Waals surface area contributed by atoms with E-state index in [-0.39, 0.29) is 23.5 Å². The van der Waals surface area contributed by atoms with Gasteiger partial charge in [-0.3, -0.25) is 4.79 Å². The lowest BCUT2D eigenvalue weighted by Gasteiger charge is -2.51. The first-order valence-corrected chi connectivity index (χ1v) is 7.04. The summed E-state index contributed by atoms with van der Waals surface area (Å²) in [6.45, 7) is 4.21. The van der Waals surface area contributed by atoms with Crippen LogP contribution in [0.3, 0.4) is 0 Å². The van der Waals surface area contributed by atoms with Crippen LogP contribution in [0.4, 0.5) is 5.69 Å². The van der Waals surface area contributed by atoms with Gasteiger partial charge in [0.25, 0.3) is 5.91 Å². The third-order valence-corrected chi connectivity index (χ3v) is 4.75. The number of nitrogen functional groups attached to an aromatic ring is 1. The number of benzene rings is 1. The highest BCUT2D eigenvalue weighted by Gasteiger charge is 2.49. The van der Waals surface area contributed by atoms with Crippen molar-refractivity contribution in [1.29, 1.82) is 0 Å². The van der Waals surface area contributed by atoms with Gasteiger partial charge in [-0.15, -0.1) is 0 Å². The van der Waals surface area contributed by atoms with Crippen LogP contribution in [0.5, 0.6) is 0 Å². The Labute approximate surface area is 121 Å². The van der Waals surface area contributed by atoms with Crippen LogP contribution < -0.4 is 11.1 Å². The number of amides is 1. The molecule has 0 aromatic heterocycles. The van der Waals surface area contributed by atoms with E-state index in [0.717, 1.165) is 10.9 Å². The highest BCUT2D eigenvalue weighted by atomic mass is 79.9. The molecule has 19 heavy (non-hydrogen) atoms. The van der Waals surface area contributed by atoms with Crippen molar-refractivity contribution in [3.05, 3.63) is 28.2 Å².